The lowest BCUT2D eigenvalue weighted by Crippen LogP contribution is -2.42. The van der Waals surface area contributed by atoms with Gasteiger partial charge in [-0.05, 0) is 30.7 Å². The fourth-order valence-electron chi connectivity index (χ4n) is 4.25. The molecule has 0 aromatic heterocycles. The van der Waals surface area contributed by atoms with Gasteiger partial charge in [0.15, 0.2) is 0 Å². The van der Waals surface area contributed by atoms with Crippen molar-refractivity contribution in [2.24, 2.45) is 0 Å². The number of carbonyl (C=O) groups is 2. The summed E-state index contributed by atoms with van der Waals surface area (Å²) in [6.07, 6.45) is 0. The minimum atomic E-state index is -0.702. The summed E-state index contributed by atoms with van der Waals surface area (Å²) in [6, 6.07) is 11.7. The lowest BCUT2D eigenvalue weighted by molar-refractivity contribution is -0.140. The molecule has 33 heavy (non-hydrogen) atoms. The zero-order chi connectivity index (χ0) is 23.5. The van der Waals surface area contributed by atoms with E-state index in [4.69, 9.17) is 21.1 Å². The van der Waals surface area contributed by atoms with Crippen molar-refractivity contribution < 1.29 is 24.2 Å². The summed E-state index contributed by atoms with van der Waals surface area (Å²) in [5, 5.41) is 11.5. The standard InChI is InChI=1S/C25H27ClN2O5/c1-16-3-5-17(6-4-16)22-21(23(29)18-7-8-20(32-2)19(26)15-18)24(30)25(31)28(22)10-9-27-11-13-33-14-12-27/h3-8,15,22,29H,9-14H2,1-2H3/b23-21+/t22-/m0/s1. The highest BCUT2D eigenvalue weighted by atomic mass is 35.5. The van der Waals surface area contributed by atoms with Crippen LogP contribution < -0.4 is 4.74 Å². The third-order valence-electron chi connectivity index (χ3n) is 6.12. The molecule has 0 unspecified atom stereocenters. The molecule has 0 bridgehead atoms. The van der Waals surface area contributed by atoms with Crippen LogP contribution in [0.15, 0.2) is 48.0 Å². The second-order valence-electron chi connectivity index (χ2n) is 8.21. The van der Waals surface area contributed by atoms with Crippen LogP contribution in [0.1, 0.15) is 22.7 Å². The average molecular weight is 471 g/mol. The van der Waals surface area contributed by atoms with Crippen LogP contribution in [0.2, 0.25) is 5.02 Å². The number of hydrogen-bond acceptors (Lipinski definition) is 6. The second-order valence-corrected chi connectivity index (χ2v) is 8.61. The monoisotopic (exact) mass is 470 g/mol. The van der Waals surface area contributed by atoms with Crippen molar-refractivity contribution in [3.05, 3.63) is 69.8 Å². The Labute approximate surface area is 198 Å². The Morgan fingerprint density at radius 3 is 2.45 bits per heavy atom. The van der Waals surface area contributed by atoms with Crippen molar-refractivity contribution >= 4 is 29.1 Å². The number of halogens is 1. The minimum Gasteiger partial charge on any atom is -0.507 e. The van der Waals surface area contributed by atoms with E-state index < -0.39 is 17.7 Å². The largest absolute Gasteiger partial charge is 0.507 e. The van der Waals surface area contributed by atoms with E-state index >= 15 is 0 Å². The van der Waals surface area contributed by atoms with Crippen LogP contribution in [0, 0.1) is 6.92 Å². The highest BCUT2D eigenvalue weighted by Crippen LogP contribution is 2.40. The summed E-state index contributed by atoms with van der Waals surface area (Å²) in [5.74, 6) is -1.12. The first-order chi connectivity index (χ1) is 15.9. The molecule has 0 spiro atoms. The number of carbonyl (C=O) groups excluding carboxylic acids is 2. The Bertz CT molecular complexity index is 1080. The van der Waals surface area contributed by atoms with Gasteiger partial charge in [0, 0.05) is 31.7 Å². The molecule has 1 atom stereocenters. The number of hydrogen-bond donors (Lipinski definition) is 1. The third-order valence-corrected chi connectivity index (χ3v) is 6.41. The molecule has 0 saturated carbocycles. The van der Waals surface area contributed by atoms with Gasteiger partial charge in [0.25, 0.3) is 11.7 Å². The maximum absolute atomic E-state index is 13.1. The van der Waals surface area contributed by atoms with Crippen molar-refractivity contribution in [1.82, 2.24) is 9.80 Å². The van der Waals surface area contributed by atoms with Crippen LogP contribution in [0.3, 0.4) is 0 Å². The van der Waals surface area contributed by atoms with Crippen molar-refractivity contribution in [2.75, 3.05) is 46.5 Å². The molecular formula is C25H27ClN2O5. The van der Waals surface area contributed by atoms with Crippen molar-refractivity contribution in [3.8, 4) is 5.75 Å². The topological polar surface area (TPSA) is 79.3 Å². The Morgan fingerprint density at radius 1 is 1.12 bits per heavy atom. The molecule has 2 aromatic carbocycles. The number of aliphatic hydroxyl groups is 1. The number of rotatable bonds is 6. The molecule has 0 radical (unpaired) electrons. The third kappa shape index (κ3) is 4.76. The maximum Gasteiger partial charge on any atom is 0.295 e. The average Bonchev–Trinajstić information content (AvgIpc) is 3.08. The van der Waals surface area contributed by atoms with Crippen LogP contribution in [0.5, 0.6) is 5.75 Å². The number of benzene rings is 2. The first-order valence-corrected chi connectivity index (χ1v) is 11.3. The van der Waals surface area contributed by atoms with Crippen LogP contribution in [0.4, 0.5) is 0 Å². The van der Waals surface area contributed by atoms with Gasteiger partial charge in [-0.2, -0.15) is 0 Å². The van der Waals surface area contributed by atoms with E-state index in [0.717, 1.165) is 24.2 Å². The van der Waals surface area contributed by atoms with Gasteiger partial charge in [-0.15, -0.1) is 0 Å². The number of aryl methyl sites for hydroxylation is 1. The maximum atomic E-state index is 13.1. The molecule has 2 heterocycles. The van der Waals surface area contributed by atoms with Crippen LogP contribution >= 0.6 is 11.6 Å². The lowest BCUT2D eigenvalue weighted by atomic mass is 9.94. The highest BCUT2D eigenvalue weighted by molar-refractivity contribution is 6.46. The SMILES string of the molecule is COc1ccc(/C(O)=C2\C(=O)C(=O)N(CCN3CCOCC3)[C@H]2c2ccc(C)cc2)cc1Cl. The molecule has 8 heteroatoms. The van der Waals surface area contributed by atoms with Crippen LogP contribution in [0.25, 0.3) is 5.76 Å². The fraction of sp³-hybridized carbons (Fsp3) is 0.360. The van der Waals surface area contributed by atoms with E-state index in [1.54, 1.807) is 17.0 Å². The van der Waals surface area contributed by atoms with E-state index in [-0.39, 0.29) is 11.3 Å². The van der Waals surface area contributed by atoms with Gasteiger partial charge < -0.3 is 19.5 Å². The van der Waals surface area contributed by atoms with Gasteiger partial charge >= 0.3 is 0 Å². The molecule has 2 aliphatic heterocycles. The minimum absolute atomic E-state index is 0.0621. The number of likely N-dealkylation sites (tertiary alicyclic amines) is 1. The number of ether oxygens (including phenoxy) is 2. The number of Topliss-reactive ketones (excluding diaryl/α,β-unsaturated/α-hetero) is 1. The molecule has 7 nitrogen and oxygen atoms in total. The van der Waals surface area contributed by atoms with Gasteiger partial charge in [0.1, 0.15) is 11.5 Å². The molecule has 2 fully saturated rings. The van der Waals surface area contributed by atoms with Crippen molar-refractivity contribution in [3.63, 3.8) is 0 Å². The number of morpholine rings is 1. The predicted octanol–water partition coefficient (Wildman–Crippen LogP) is 3.41. The molecule has 2 aliphatic rings. The number of ketones is 1. The van der Waals surface area contributed by atoms with Gasteiger partial charge in [-0.1, -0.05) is 41.4 Å². The van der Waals surface area contributed by atoms with E-state index in [0.29, 0.717) is 42.6 Å². The summed E-state index contributed by atoms with van der Waals surface area (Å²) in [7, 11) is 1.50. The van der Waals surface area contributed by atoms with E-state index in [1.807, 2.05) is 31.2 Å². The van der Waals surface area contributed by atoms with Crippen LogP contribution in [-0.2, 0) is 14.3 Å². The summed E-state index contributed by atoms with van der Waals surface area (Å²) in [4.78, 5) is 30.0. The predicted molar refractivity (Wildman–Crippen MR) is 125 cm³/mol. The molecule has 174 valence electrons. The molecular weight excluding hydrogens is 444 g/mol. The molecule has 2 aromatic rings. The zero-order valence-electron chi connectivity index (χ0n) is 18.7. The Hall–Kier alpha value is -2.87. The summed E-state index contributed by atoms with van der Waals surface area (Å²) in [6.45, 7) is 5.82. The van der Waals surface area contributed by atoms with E-state index in [2.05, 4.69) is 4.90 Å². The first kappa shape index (κ1) is 23.3. The molecule has 2 saturated heterocycles. The number of nitrogens with zero attached hydrogens (tertiary/aromatic N) is 2. The number of aliphatic hydroxyl groups excluding tert-OH is 1. The summed E-state index contributed by atoms with van der Waals surface area (Å²) >= 11 is 6.24. The highest BCUT2D eigenvalue weighted by Gasteiger charge is 2.46. The Kier molecular flexibility index (Phi) is 7.02. The smallest absolute Gasteiger partial charge is 0.295 e. The molecule has 1 amide bonds. The molecule has 0 aliphatic carbocycles. The lowest BCUT2D eigenvalue weighted by Gasteiger charge is -2.31. The van der Waals surface area contributed by atoms with Crippen molar-refractivity contribution in [1.29, 1.82) is 0 Å². The Morgan fingerprint density at radius 2 is 1.82 bits per heavy atom. The van der Waals surface area contributed by atoms with Gasteiger partial charge in [0.05, 0.1) is 37.0 Å². The Balaban J connectivity index is 1.74. The summed E-state index contributed by atoms with van der Waals surface area (Å²) < 4.78 is 10.6. The number of amides is 1. The fourth-order valence-corrected chi connectivity index (χ4v) is 4.51. The van der Waals surface area contributed by atoms with Gasteiger partial charge in [-0.3, -0.25) is 14.5 Å². The van der Waals surface area contributed by atoms with Gasteiger partial charge in [0.2, 0.25) is 0 Å². The molecule has 4 rings (SSSR count). The quantitative estimate of drug-likeness (QED) is 0.396. The normalized spacial score (nSPS) is 20.9. The van der Waals surface area contributed by atoms with Crippen molar-refractivity contribution in [2.45, 2.75) is 13.0 Å². The first-order valence-electron chi connectivity index (χ1n) is 10.9. The van der Waals surface area contributed by atoms with E-state index in [9.17, 15) is 14.7 Å². The second kappa shape index (κ2) is 9.95. The number of methoxy groups -OCH3 is 1. The summed E-state index contributed by atoms with van der Waals surface area (Å²) in [5.41, 5.74) is 2.24. The van der Waals surface area contributed by atoms with Crippen LogP contribution in [-0.4, -0.2) is 73.1 Å². The van der Waals surface area contributed by atoms with Gasteiger partial charge in [-0.25, -0.2) is 0 Å². The van der Waals surface area contributed by atoms with E-state index in [1.165, 1.54) is 13.2 Å². The molecule has 1 N–H and O–H groups in total. The zero-order valence-corrected chi connectivity index (χ0v) is 19.5.